The average molecular weight is 283 g/mol. The maximum atomic E-state index is 12.6. The molecule has 1 heterocycles. The summed E-state index contributed by atoms with van der Waals surface area (Å²) in [5.41, 5.74) is 6.54. The van der Waals surface area contributed by atoms with E-state index in [1.54, 1.807) is 0 Å². The fourth-order valence-electron chi connectivity index (χ4n) is 2.57. The minimum absolute atomic E-state index is 0. The molecule has 106 valence electrons. The molecule has 2 N–H and O–H groups in total. The maximum Gasteiger partial charge on any atom is 0.232 e. The lowest BCUT2D eigenvalue weighted by Crippen LogP contribution is -2.51. The Kier molecular flexibility index (Phi) is 5.39. The van der Waals surface area contributed by atoms with E-state index < -0.39 is 5.41 Å². The number of benzene rings is 1. The zero-order valence-corrected chi connectivity index (χ0v) is 12.5. The van der Waals surface area contributed by atoms with Crippen molar-refractivity contribution < 1.29 is 4.79 Å². The van der Waals surface area contributed by atoms with Gasteiger partial charge in [0.15, 0.2) is 0 Å². The highest BCUT2D eigenvalue weighted by Gasteiger charge is 2.35. The van der Waals surface area contributed by atoms with Crippen LogP contribution in [-0.4, -0.2) is 29.9 Å². The normalized spacial score (nSPS) is 19.7. The molecule has 2 rings (SSSR count). The fraction of sp³-hybridized carbons (Fsp3) is 0.533. The van der Waals surface area contributed by atoms with E-state index in [2.05, 4.69) is 0 Å². The van der Waals surface area contributed by atoms with Crippen molar-refractivity contribution in [3.8, 4) is 0 Å². The van der Waals surface area contributed by atoms with Crippen molar-refractivity contribution in [2.24, 2.45) is 5.73 Å². The number of nitrogens with two attached hydrogens (primary N) is 1. The summed E-state index contributed by atoms with van der Waals surface area (Å²) in [5, 5.41) is 0. The summed E-state index contributed by atoms with van der Waals surface area (Å²) in [6.07, 6.45) is 2.04. The quantitative estimate of drug-likeness (QED) is 0.905. The third-order valence-corrected chi connectivity index (χ3v) is 3.78. The van der Waals surface area contributed by atoms with Crippen LogP contribution in [0, 0.1) is 0 Å². The van der Waals surface area contributed by atoms with Crippen LogP contribution in [0.25, 0.3) is 0 Å². The summed E-state index contributed by atoms with van der Waals surface area (Å²) >= 11 is 0. The highest BCUT2D eigenvalue weighted by Crippen LogP contribution is 2.26. The van der Waals surface area contributed by atoms with Gasteiger partial charge in [0.2, 0.25) is 5.91 Å². The second-order valence-electron chi connectivity index (χ2n) is 5.64. The first-order chi connectivity index (χ1) is 8.51. The zero-order valence-electron chi connectivity index (χ0n) is 11.6. The predicted molar refractivity (Wildman–Crippen MR) is 80.5 cm³/mol. The van der Waals surface area contributed by atoms with E-state index in [0.29, 0.717) is 6.54 Å². The topological polar surface area (TPSA) is 46.3 Å². The number of amides is 1. The van der Waals surface area contributed by atoms with Crippen molar-refractivity contribution in [3.63, 3.8) is 0 Å². The van der Waals surface area contributed by atoms with Crippen molar-refractivity contribution in [2.45, 2.75) is 38.1 Å². The first kappa shape index (κ1) is 16.0. The van der Waals surface area contributed by atoms with Crippen LogP contribution in [0.1, 0.15) is 32.3 Å². The Morgan fingerprint density at radius 3 is 2.53 bits per heavy atom. The second kappa shape index (κ2) is 6.40. The van der Waals surface area contributed by atoms with Crippen molar-refractivity contribution in [2.75, 3.05) is 13.1 Å². The molecule has 1 aliphatic rings. The number of carbonyl (C=O) groups excluding carboxylic acids is 1. The van der Waals surface area contributed by atoms with Crippen LogP contribution in [0.3, 0.4) is 0 Å². The minimum Gasteiger partial charge on any atom is -0.340 e. The summed E-state index contributed by atoms with van der Waals surface area (Å²) in [5.74, 6) is 0.184. The molecule has 1 aromatic carbocycles. The summed E-state index contributed by atoms with van der Waals surface area (Å²) in [7, 11) is 0. The van der Waals surface area contributed by atoms with Gasteiger partial charge in [-0.1, -0.05) is 30.3 Å². The van der Waals surface area contributed by atoms with Crippen molar-refractivity contribution >= 4 is 18.3 Å². The van der Waals surface area contributed by atoms with Gasteiger partial charge >= 0.3 is 0 Å². The number of halogens is 1. The average Bonchev–Trinajstić information content (AvgIpc) is 2.39. The SMILES string of the molecule is CC(C)(C(=O)N1CCC[C@@H](N)C1)c1ccccc1.Cl. The minimum atomic E-state index is -0.474. The van der Waals surface area contributed by atoms with Gasteiger partial charge in [-0.05, 0) is 32.3 Å². The van der Waals surface area contributed by atoms with Crippen LogP contribution >= 0.6 is 12.4 Å². The molecule has 0 aromatic heterocycles. The van der Waals surface area contributed by atoms with Gasteiger partial charge in [-0.25, -0.2) is 0 Å². The molecule has 0 radical (unpaired) electrons. The van der Waals surface area contributed by atoms with E-state index in [-0.39, 0.29) is 24.4 Å². The fourth-order valence-corrected chi connectivity index (χ4v) is 2.57. The standard InChI is InChI=1S/C15H22N2O.ClH/c1-15(2,12-7-4-3-5-8-12)14(18)17-10-6-9-13(16)11-17;/h3-5,7-8,13H,6,9-11,16H2,1-2H3;1H/t13-;/m1./s1. The molecule has 4 heteroatoms. The second-order valence-corrected chi connectivity index (χ2v) is 5.64. The number of hydrogen-bond acceptors (Lipinski definition) is 2. The van der Waals surface area contributed by atoms with Gasteiger partial charge in [-0.2, -0.15) is 0 Å². The lowest BCUT2D eigenvalue weighted by atomic mass is 9.82. The van der Waals surface area contributed by atoms with E-state index in [0.717, 1.165) is 24.9 Å². The molecule has 0 saturated carbocycles. The van der Waals surface area contributed by atoms with E-state index >= 15 is 0 Å². The largest absolute Gasteiger partial charge is 0.340 e. The monoisotopic (exact) mass is 282 g/mol. The van der Waals surface area contributed by atoms with Crippen LogP contribution in [0.15, 0.2) is 30.3 Å². The Morgan fingerprint density at radius 2 is 1.95 bits per heavy atom. The Morgan fingerprint density at radius 1 is 1.32 bits per heavy atom. The molecule has 1 amide bonds. The molecular formula is C15H23ClN2O. The van der Waals surface area contributed by atoms with Crippen LogP contribution in [-0.2, 0) is 10.2 Å². The van der Waals surface area contributed by atoms with Gasteiger partial charge in [-0.15, -0.1) is 12.4 Å². The van der Waals surface area contributed by atoms with Crippen molar-refractivity contribution in [3.05, 3.63) is 35.9 Å². The van der Waals surface area contributed by atoms with Crippen LogP contribution in [0.5, 0.6) is 0 Å². The van der Waals surface area contributed by atoms with E-state index in [9.17, 15) is 4.79 Å². The number of likely N-dealkylation sites (tertiary alicyclic amines) is 1. The molecular weight excluding hydrogens is 260 g/mol. The molecule has 1 aromatic rings. The Labute approximate surface area is 121 Å². The van der Waals surface area contributed by atoms with Crippen molar-refractivity contribution in [1.82, 2.24) is 4.90 Å². The zero-order chi connectivity index (χ0) is 13.2. The third kappa shape index (κ3) is 3.48. The Bertz CT molecular complexity index is 419. The molecule has 0 aliphatic carbocycles. The van der Waals surface area contributed by atoms with E-state index in [1.165, 1.54) is 0 Å². The lowest BCUT2D eigenvalue weighted by molar-refractivity contribution is -0.137. The number of carbonyl (C=O) groups is 1. The van der Waals surface area contributed by atoms with Crippen LogP contribution in [0.4, 0.5) is 0 Å². The molecule has 0 bridgehead atoms. The molecule has 1 atom stereocenters. The van der Waals surface area contributed by atoms with Gasteiger partial charge in [0.25, 0.3) is 0 Å². The van der Waals surface area contributed by atoms with Crippen LogP contribution in [0.2, 0.25) is 0 Å². The van der Waals surface area contributed by atoms with Gasteiger partial charge in [0.05, 0.1) is 5.41 Å². The number of hydrogen-bond donors (Lipinski definition) is 1. The number of rotatable bonds is 2. The predicted octanol–water partition coefficient (Wildman–Crippen LogP) is 2.34. The van der Waals surface area contributed by atoms with Gasteiger partial charge in [0, 0.05) is 19.1 Å². The first-order valence-electron chi connectivity index (χ1n) is 6.62. The van der Waals surface area contributed by atoms with Crippen LogP contribution < -0.4 is 5.73 Å². The molecule has 19 heavy (non-hydrogen) atoms. The molecule has 1 saturated heterocycles. The molecule has 0 unspecified atom stereocenters. The van der Waals surface area contributed by atoms with Gasteiger partial charge in [-0.3, -0.25) is 4.79 Å². The third-order valence-electron chi connectivity index (χ3n) is 3.78. The Balaban J connectivity index is 0.00000180. The number of piperidine rings is 1. The first-order valence-corrected chi connectivity index (χ1v) is 6.62. The lowest BCUT2D eigenvalue weighted by Gasteiger charge is -2.36. The van der Waals surface area contributed by atoms with Gasteiger partial charge < -0.3 is 10.6 Å². The van der Waals surface area contributed by atoms with E-state index in [1.807, 2.05) is 49.1 Å². The van der Waals surface area contributed by atoms with E-state index in [4.69, 9.17) is 5.73 Å². The summed E-state index contributed by atoms with van der Waals surface area (Å²) < 4.78 is 0. The maximum absolute atomic E-state index is 12.6. The summed E-state index contributed by atoms with van der Waals surface area (Å²) in [6.45, 7) is 5.51. The highest BCUT2D eigenvalue weighted by molar-refractivity contribution is 5.87. The van der Waals surface area contributed by atoms with Gasteiger partial charge in [0.1, 0.15) is 0 Å². The summed E-state index contributed by atoms with van der Waals surface area (Å²) in [4.78, 5) is 14.6. The molecule has 3 nitrogen and oxygen atoms in total. The Hall–Kier alpha value is -1.06. The number of nitrogens with zero attached hydrogens (tertiary/aromatic N) is 1. The molecule has 1 aliphatic heterocycles. The van der Waals surface area contributed by atoms with Crippen molar-refractivity contribution in [1.29, 1.82) is 0 Å². The highest BCUT2D eigenvalue weighted by atomic mass is 35.5. The molecule has 0 spiro atoms. The summed E-state index contributed by atoms with van der Waals surface area (Å²) in [6, 6.07) is 10.1. The molecule has 1 fully saturated rings. The smallest absolute Gasteiger partial charge is 0.232 e.